The quantitative estimate of drug-likeness (QED) is 0.111. The lowest BCUT2D eigenvalue weighted by atomic mass is 10.0. The third-order valence-corrected chi connectivity index (χ3v) is 6.17. The highest BCUT2D eigenvalue weighted by Gasteiger charge is 2.13. The Morgan fingerprint density at radius 1 is 0.800 bits per heavy atom. The zero-order chi connectivity index (χ0) is 24.5. The predicted molar refractivity (Wildman–Crippen MR) is 140 cm³/mol. The van der Waals surface area contributed by atoms with Crippen molar-refractivity contribution in [1.29, 1.82) is 0 Å². The SMILES string of the molecule is CCCCCCCCCCOc1ccc(-c2ccc(-c3nc4cc([N+](=O)[O-])ccc4o3)cc2)cc1. The molecule has 0 radical (unpaired) electrons. The topological polar surface area (TPSA) is 78.4 Å². The van der Waals surface area contributed by atoms with E-state index >= 15 is 0 Å². The van der Waals surface area contributed by atoms with Crippen LogP contribution in [0.4, 0.5) is 5.69 Å². The molecule has 6 heteroatoms. The Hall–Kier alpha value is -3.67. The molecular formula is C29H32N2O4. The van der Waals surface area contributed by atoms with Gasteiger partial charge in [-0.3, -0.25) is 10.1 Å². The van der Waals surface area contributed by atoms with E-state index in [0.29, 0.717) is 17.0 Å². The lowest BCUT2D eigenvalue weighted by Crippen LogP contribution is -1.97. The maximum Gasteiger partial charge on any atom is 0.271 e. The molecular weight excluding hydrogens is 440 g/mol. The molecule has 4 rings (SSSR count). The summed E-state index contributed by atoms with van der Waals surface area (Å²) in [6.45, 7) is 3.01. The molecule has 4 aromatic rings. The lowest BCUT2D eigenvalue weighted by molar-refractivity contribution is -0.384. The summed E-state index contributed by atoms with van der Waals surface area (Å²) in [4.78, 5) is 15.0. The summed E-state index contributed by atoms with van der Waals surface area (Å²) < 4.78 is 11.7. The Kier molecular flexibility index (Phi) is 8.49. The molecule has 0 aliphatic carbocycles. The molecule has 182 valence electrons. The number of ether oxygens (including phenoxy) is 1. The number of fused-ring (bicyclic) bond motifs is 1. The van der Waals surface area contributed by atoms with Gasteiger partial charge in [0.05, 0.1) is 11.5 Å². The monoisotopic (exact) mass is 472 g/mol. The van der Waals surface area contributed by atoms with Crippen LogP contribution in [-0.4, -0.2) is 16.5 Å². The number of non-ortho nitro benzene ring substituents is 1. The van der Waals surface area contributed by atoms with E-state index in [1.807, 2.05) is 36.4 Å². The first-order chi connectivity index (χ1) is 17.1. The van der Waals surface area contributed by atoms with Gasteiger partial charge >= 0.3 is 0 Å². The number of unbranched alkanes of at least 4 members (excludes halogenated alkanes) is 7. The summed E-state index contributed by atoms with van der Waals surface area (Å²) in [5, 5.41) is 11.0. The van der Waals surface area contributed by atoms with E-state index in [9.17, 15) is 10.1 Å². The van der Waals surface area contributed by atoms with Gasteiger partial charge in [0.15, 0.2) is 5.58 Å². The Labute approximate surface area is 206 Å². The second-order valence-corrected chi connectivity index (χ2v) is 8.85. The van der Waals surface area contributed by atoms with Gasteiger partial charge in [-0.15, -0.1) is 0 Å². The van der Waals surface area contributed by atoms with Crippen molar-refractivity contribution >= 4 is 16.8 Å². The van der Waals surface area contributed by atoms with Gasteiger partial charge in [0.1, 0.15) is 11.3 Å². The Balaban J connectivity index is 1.28. The molecule has 0 spiro atoms. The van der Waals surface area contributed by atoms with Crippen LogP contribution in [0.15, 0.2) is 71.1 Å². The van der Waals surface area contributed by atoms with Gasteiger partial charge in [-0.2, -0.15) is 0 Å². The van der Waals surface area contributed by atoms with Crippen LogP contribution in [0.25, 0.3) is 33.7 Å². The minimum absolute atomic E-state index is 0.00192. The van der Waals surface area contributed by atoms with Crippen molar-refractivity contribution in [3.63, 3.8) is 0 Å². The first-order valence-electron chi connectivity index (χ1n) is 12.5. The van der Waals surface area contributed by atoms with E-state index in [4.69, 9.17) is 9.15 Å². The lowest BCUT2D eigenvalue weighted by Gasteiger charge is -2.08. The summed E-state index contributed by atoms with van der Waals surface area (Å²) >= 11 is 0. The number of rotatable bonds is 13. The van der Waals surface area contributed by atoms with E-state index in [1.165, 1.54) is 57.1 Å². The largest absolute Gasteiger partial charge is 0.494 e. The van der Waals surface area contributed by atoms with Gasteiger partial charge in [-0.05, 0) is 47.9 Å². The molecule has 1 aromatic heterocycles. The third kappa shape index (κ3) is 6.69. The summed E-state index contributed by atoms with van der Waals surface area (Å²) in [7, 11) is 0. The van der Waals surface area contributed by atoms with Crippen molar-refractivity contribution in [2.24, 2.45) is 0 Å². The van der Waals surface area contributed by atoms with Gasteiger partial charge in [0.25, 0.3) is 5.69 Å². The van der Waals surface area contributed by atoms with Crippen LogP contribution in [0.5, 0.6) is 5.75 Å². The molecule has 0 amide bonds. The van der Waals surface area contributed by atoms with Crippen LogP contribution < -0.4 is 4.74 Å². The molecule has 0 aliphatic rings. The summed E-state index contributed by atoms with van der Waals surface area (Å²) in [6.07, 6.45) is 10.3. The molecule has 0 unspecified atom stereocenters. The number of nitro benzene ring substituents is 1. The van der Waals surface area contributed by atoms with E-state index in [2.05, 4.69) is 24.0 Å². The van der Waals surface area contributed by atoms with Crippen LogP contribution >= 0.6 is 0 Å². The first-order valence-corrected chi connectivity index (χ1v) is 12.5. The van der Waals surface area contributed by atoms with Crippen molar-refractivity contribution in [2.45, 2.75) is 58.3 Å². The molecule has 0 fully saturated rings. The Morgan fingerprint density at radius 3 is 2.06 bits per heavy atom. The minimum Gasteiger partial charge on any atom is -0.494 e. The Morgan fingerprint density at radius 2 is 1.40 bits per heavy atom. The zero-order valence-electron chi connectivity index (χ0n) is 20.2. The molecule has 0 atom stereocenters. The minimum atomic E-state index is -0.435. The van der Waals surface area contributed by atoms with Crippen LogP contribution in [-0.2, 0) is 0 Å². The highest BCUT2D eigenvalue weighted by Crippen LogP contribution is 2.29. The molecule has 0 saturated heterocycles. The van der Waals surface area contributed by atoms with Gasteiger partial charge < -0.3 is 9.15 Å². The van der Waals surface area contributed by atoms with Crippen molar-refractivity contribution in [1.82, 2.24) is 4.98 Å². The second kappa shape index (κ2) is 12.2. The molecule has 35 heavy (non-hydrogen) atoms. The van der Waals surface area contributed by atoms with Crippen molar-refractivity contribution in [3.05, 3.63) is 76.8 Å². The van der Waals surface area contributed by atoms with Crippen molar-refractivity contribution < 1.29 is 14.1 Å². The Bertz CT molecular complexity index is 1230. The number of benzene rings is 3. The van der Waals surface area contributed by atoms with Crippen LogP contribution in [0, 0.1) is 10.1 Å². The summed E-state index contributed by atoms with van der Waals surface area (Å²) in [5.41, 5.74) is 3.99. The molecule has 3 aromatic carbocycles. The molecule has 0 N–H and O–H groups in total. The van der Waals surface area contributed by atoms with E-state index in [-0.39, 0.29) is 5.69 Å². The van der Waals surface area contributed by atoms with E-state index < -0.39 is 4.92 Å². The standard InChI is InChI=1S/C29H32N2O4/c1-2-3-4-5-6-7-8-9-20-34-26-17-14-23(15-18-26)22-10-12-24(13-11-22)29-30-27-21-25(31(32)33)16-19-28(27)35-29/h10-19,21H,2-9,20H2,1H3. The van der Waals surface area contributed by atoms with Gasteiger partial charge in [-0.1, -0.05) is 76.1 Å². The maximum atomic E-state index is 11.0. The van der Waals surface area contributed by atoms with E-state index in [0.717, 1.165) is 35.5 Å². The van der Waals surface area contributed by atoms with Gasteiger partial charge in [-0.25, -0.2) is 4.98 Å². The first kappa shape index (κ1) is 24.5. The average molecular weight is 473 g/mol. The maximum absolute atomic E-state index is 11.0. The van der Waals surface area contributed by atoms with Crippen LogP contribution in [0.1, 0.15) is 58.3 Å². The highest BCUT2D eigenvalue weighted by molar-refractivity contribution is 5.79. The number of hydrogen-bond acceptors (Lipinski definition) is 5. The van der Waals surface area contributed by atoms with Crippen molar-refractivity contribution in [2.75, 3.05) is 6.61 Å². The third-order valence-electron chi connectivity index (χ3n) is 6.17. The summed E-state index contributed by atoms with van der Waals surface area (Å²) in [5.74, 6) is 1.34. The number of aromatic nitrogens is 1. The van der Waals surface area contributed by atoms with Crippen LogP contribution in [0.3, 0.4) is 0 Å². The molecule has 0 saturated carbocycles. The molecule has 6 nitrogen and oxygen atoms in total. The normalized spacial score (nSPS) is 11.1. The number of oxazole rings is 1. The second-order valence-electron chi connectivity index (χ2n) is 8.85. The average Bonchev–Trinajstić information content (AvgIpc) is 3.32. The fourth-order valence-electron chi connectivity index (χ4n) is 4.13. The van der Waals surface area contributed by atoms with Gasteiger partial charge in [0.2, 0.25) is 5.89 Å². The molecule has 1 heterocycles. The zero-order valence-corrected chi connectivity index (χ0v) is 20.2. The molecule has 0 bridgehead atoms. The van der Waals surface area contributed by atoms with Crippen LogP contribution in [0.2, 0.25) is 0 Å². The predicted octanol–water partition coefficient (Wildman–Crippen LogP) is 8.59. The van der Waals surface area contributed by atoms with E-state index in [1.54, 1.807) is 6.07 Å². The fourth-order valence-corrected chi connectivity index (χ4v) is 4.13. The smallest absolute Gasteiger partial charge is 0.271 e. The highest BCUT2D eigenvalue weighted by atomic mass is 16.6. The molecule has 0 aliphatic heterocycles. The summed E-state index contributed by atoms with van der Waals surface area (Å²) in [6, 6.07) is 20.5. The fraction of sp³-hybridized carbons (Fsp3) is 0.345. The number of hydrogen-bond donors (Lipinski definition) is 0. The van der Waals surface area contributed by atoms with Gasteiger partial charge in [0, 0.05) is 17.7 Å². The number of nitro groups is 1. The number of nitrogens with zero attached hydrogens (tertiary/aromatic N) is 2. The van der Waals surface area contributed by atoms with Crippen molar-refractivity contribution in [3.8, 4) is 28.3 Å².